The summed E-state index contributed by atoms with van der Waals surface area (Å²) in [4.78, 5) is 7.86. The van der Waals surface area contributed by atoms with Gasteiger partial charge >= 0.3 is 0 Å². The van der Waals surface area contributed by atoms with Crippen molar-refractivity contribution in [2.75, 3.05) is 5.73 Å². The molecular formula is C25H37N9. The lowest BCUT2D eigenvalue weighted by atomic mass is 9.79. The van der Waals surface area contributed by atoms with Crippen LogP contribution in [0.5, 0.6) is 0 Å². The van der Waals surface area contributed by atoms with Crippen molar-refractivity contribution < 1.29 is 0 Å². The van der Waals surface area contributed by atoms with E-state index in [0.29, 0.717) is 29.6 Å². The summed E-state index contributed by atoms with van der Waals surface area (Å²) in [5, 5.41) is 18.2. The van der Waals surface area contributed by atoms with Crippen LogP contribution in [0.4, 0.5) is 5.95 Å². The number of nitrogen functional groups attached to an aromatic ring is 1. The quantitative estimate of drug-likeness (QED) is 0.571. The molecule has 3 heterocycles. The van der Waals surface area contributed by atoms with Crippen molar-refractivity contribution in [2.45, 2.75) is 102 Å². The van der Waals surface area contributed by atoms with E-state index in [1.165, 1.54) is 81.3 Å². The molecule has 0 amide bonds. The van der Waals surface area contributed by atoms with Gasteiger partial charge in [-0.3, -0.25) is 9.36 Å². The SMILES string of the molecule is Nc1nc2c([nH]1)C[C@@H](Cn1cc(C3CCCCC3)nn1)[C@H](Cn1cc(C3CCCCC3)nn1)C2. The van der Waals surface area contributed by atoms with Gasteiger partial charge in [0.2, 0.25) is 0 Å². The topological polar surface area (TPSA) is 116 Å². The Bertz CT molecular complexity index is 1000. The Hall–Kier alpha value is -2.71. The zero-order valence-corrected chi connectivity index (χ0v) is 20.1. The number of anilines is 1. The highest BCUT2D eigenvalue weighted by molar-refractivity contribution is 5.29. The minimum absolute atomic E-state index is 0.401. The average Bonchev–Trinajstić information content (AvgIpc) is 3.60. The molecule has 2 fully saturated rings. The summed E-state index contributed by atoms with van der Waals surface area (Å²) in [6.07, 6.45) is 19.2. The number of rotatable bonds is 6. The molecule has 3 N–H and O–H groups in total. The number of nitrogens with two attached hydrogens (primary N) is 1. The standard InChI is InChI=1S/C25H37N9/c26-25-27-21-11-19(13-33-15-23(29-31-33)17-7-3-1-4-8-17)20(12-22(21)28-25)14-34-16-24(30-32-34)18-9-5-2-6-10-18/h15-20H,1-14H2,(H3,26,27,28)/t19-,20-/m0/s1. The van der Waals surface area contributed by atoms with Gasteiger partial charge in [-0.25, -0.2) is 4.98 Å². The lowest BCUT2D eigenvalue weighted by Gasteiger charge is -2.30. The second-order valence-electron chi connectivity index (χ2n) is 10.9. The van der Waals surface area contributed by atoms with E-state index in [2.05, 4.69) is 52.3 Å². The molecule has 9 nitrogen and oxygen atoms in total. The zero-order chi connectivity index (χ0) is 22.9. The summed E-state index contributed by atoms with van der Waals surface area (Å²) in [6, 6.07) is 0. The van der Waals surface area contributed by atoms with Crippen LogP contribution in [0, 0.1) is 11.8 Å². The minimum atomic E-state index is 0.401. The number of hydrogen-bond donors (Lipinski definition) is 2. The van der Waals surface area contributed by atoms with E-state index in [4.69, 9.17) is 5.73 Å². The molecule has 0 bridgehead atoms. The van der Waals surface area contributed by atoms with E-state index in [0.717, 1.165) is 31.6 Å². The van der Waals surface area contributed by atoms with Crippen LogP contribution in [0.25, 0.3) is 0 Å². The van der Waals surface area contributed by atoms with Crippen molar-refractivity contribution in [2.24, 2.45) is 11.8 Å². The molecule has 9 heteroatoms. The van der Waals surface area contributed by atoms with Crippen molar-refractivity contribution in [3.8, 4) is 0 Å². The number of hydrogen-bond acceptors (Lipinski definition) is 6. The van der Waals surface area contributed by atoms with Crippen LogP contribution in [0.2, 0.25) is 0 Å². The Morgan fingerprint density at radius 3 is 1.85 bits per heavy atom. The lowest BCUT2D eigenvalue weighted by Crippen LogP contribution is -2.32. The molecular weight excluding hydrogens is 426 g/mol. The molecule has 3 aliphatic rings. The number of nitrogens with zero attached hydrogens (tertiary/aromatic N) is 7. The molecule has 34 heavy (non-hydrogen) atoms. The summed E-state index contributed by atoms with van der Waals surface area (Å²) >= 11 is 0. The maximum absolute atomic E-state index is 6.00. The fourth-order valence-electron chi connectivity index (χ4n) is 6.53. The van der Waals surface area contributed by atoms with Crippen LogP contribution in [-0.2, 0) is 25.9 Å². The Morgan fingerprint density at radius 2 is 1.29 bits per heavy atom. The maximum atomic E-state index is 6.00. The van der Waals surface area contributed by atoms with Crippen molar-refractivity contribution in [3.05, 3.63) is 35.2 Å². The highest BCUT2D eigenvalue weighted by Crippen LogP contribution is 2.35. The van der Waals surface area contributed by atoms with E-state index >= 15 is 0 Å². The van der Waals surface area contributed by atoms with E-state index in [1.807, 2.05) is 0 Å². The number of aromatic amines is 1. The molecule has 0 aromatic carbocycles. The number of imidazole rings is 1. The van der Waals surface area contributed by atoms with Crippen LogP contribution in [0.1, 0.15) is 98.8 Å². The van der Waals surface area contributed by atoms with Gasteiger partial charge in [0, 0.05) is 43.0 Å². The molecule has 3 aromatic heterocycles. The zero-order valence-electron chi connectivity index (χ0n) is 20.1. The molecule has 0 saturated heterocycles. The minimum Gasteiger partial charge on any atom is -0.369 e. The molecule has 2 atom stereocenters. The van der Waals surface area contributed by atoms with Crippen molar-refractivity contribution >= 4 is 5.95 Å². The number of fused-ring (bicyclic) bond motifs is 1. The van der Waals surface area contributed by atoms with E-state index in [1.54, 1.807) is 0 Å². The Kier molecular flexibility index (Phi) is 6.09. The first-order chi connectivity index (χ1) is 16.7. The van der Waals surface area contributed by atoms with E-state index in [-0.39, 0.29) is 0 Å². The van der Waals surface area contributed by atoms with Gasteiger partial charge in [-0.15, -0.1) is 10.2 Å². The first-order valence-corrected chi connectivity index (χ1v) is 13.3. The largest absolute Gasteiger partial charge is 0.369 e. The third-order valence-electron chi connectivity index (χ3n) is 8.47. The summed E-state index contributed by atoms with van der Waals surface area (Å²) < 4.78 is 4.14. The fraction of sp³-hybridized carbons (Fsp3) is 0.720. The Morgan fingerprint density at radius 1 is 0.765 bits per heavy atom. The molecule has 182 valence electrons. The van der Waals surface area contributed by atoms with Gasteiger partial charge in [0.25, 0.3) is 0 Å². The van der Waals surface area contributed by atoms with Crippen LogP contribution in [0.3, 0.4) is 0 Å². The van der Waals surface area contributed by atoms with Gasteiger partial charge in [-0.2, -0.15) is 0 Å². The van der Waals surface area contributed by atoms with Crippen LogP contribution in [0.15, 0.2) is 12.4 Å². The first-order valence-electron chi connectivity index (χ1n) is 13.3. The van der Waals surface area contributed by atoms with Crippen molar-refractivity contribution in [1.29, 1.82) is 0 Å². The average molecular weight is 464 g/mol. The smallest absolute Gasteiger partial charge is 0.197 e. The van der Waals surface area contributed by atoms with E-state index < -0.39 is 0 Å². The van der Waals surface area contributed by atoms with Crippen LogP contribution in [-0.4, -0.2) is 40.0 Å². The molecule has 0 spiro atoms. The van der Waals surface area contributed by atoms with Gasteiger partial charge in [-0.1, -0.05) is 49.0 Å². The predicted octanol–water partition coefficient (Wildman–Crippen LogP) is 4.00. The number of aromatic nitrogens is 8. The molecule has 6 rings (SSSR count). The maximum Gasteiger partial charge on any atom is 0.197 e. The van der Waals surface area contributed by atoms with Crippen molar-refractivity contribution in [1.82, 2.24) is 40.0 Å². The summed E-state index contributed by atoms with van der Waals surface area (Å²) in [7, 11) is 0. The third-order valence-corrected chi connectivity index (χ3v) is 8.47. The fourth-order valence-corrected chi connectivity index (χ4v) is 6.53. The second kappa shape index (κ2) is 9.50. The predicted molar refractivity (Wildman–Crippen MR) is 129 cm³/mol. The lowest BCUT2D eigenvalue weighted by molar-refractivity contribution is 0.224. The molecule has 0 radical (unpaired) electrons. The van der Waals surface area contributed by atoms with Gasteiger partial charge in [0.05, 0.1) is 17.1 Å². The number of H-pyrrole nitrogens is 1. The number of nitrogens with one attached hydrogen (secondary N) is 1. The third kappa shape index (κ3) is 4.61. The molecule has 2 saturated carbocycles. The molecule has 3 aliphatic carbocycles. The Balaban J connectivity index is 1.18. The first kappa shape index (κ1) is 21.8. The van der Waals surface area contributed by atoms with Gasteiger partial charge in [0.1, 0.15) is 0 Å². The highest BCUT2D eigenvalue weighted by atomic mass is 15.4. The molecule has 0 aliphatic heterocycles. The summed E-state index contributed by atoms with van der Waals surface area (Å²) in [6.45, 7) is 1.70. The van der Waals surface area contributed by atoms with Crippen LogP contribution < -0.4 is 5.73 Å². The van der Waals surface area contributed by atoms with Gasteiger partial charge < -0.3 is 10.7 Å². The Labute approximate surface area is 200 Å². The van der Waals surface area contributed by atoms with Gasteiger partial charge in [0.15, 0.2) is 5.95 Å². The summed E-state index contributed by atoms with van der Waals surface area (Å²) in [5.74, 6) is 2.49. The monoisotopic (exact) mass is 463 g/mol. The van der Waals surface area contributed by atoms with Crippen molar-refractivity contribution in [3.63, 3.8) is 0 Å². The highest BCUT2D eigenvalue weighted by Gasteiger charge is 2.32. The van der Waals surface area contributed by atoms with E-state index in [9.17, 15) is 0 Å². The normalized spacial score (nSPS) is 24.4. The molecule has 3 aromatic rings. The summed E-state index contributed by atoms with van der Waals surface area (Å²) in [5.41, 5.74) is 10.6. The van der Waals surface area contributed by atoms with Crippen LogP contribution >= 0.6 is 0 Å². The van der Waals surface area contributed by atoms with Gasteiger partial charge in [-0.05, 0) is 50.4 Å². The second-order valence-corrected chi connectivity index (χ2v) is 10.9. The molecule has 0 unspecified atom stereocenters.